The molecule has 0 spiro atoms. The van der Waals surface area contributed by atoms with E-state index in [0.29, 0.717) is 19.6 Å². The molecule has 1 fully saturated rings. The topological polar surface area (TPSA) is 108 Å². The molecule has 0 bridgehead atoms. The van der Waals surface area contributed by atoms with Gasteiger partial charge in [-0.25, -0.2) is 9.59 Å². The van der Waals surface area contributed by atoms with Gasteiger partial charge in [0.25, 0.3) is 0 Å². The number of carboxylic acids is 1. The van der Waals surface area contributed by atoms with Gasteiger partial charge in [-0.3, -0.25) is 9.69 Å². The van der Waals surface area contributed by atoms with Crippen LogP contribution in [-0.2, 0) is 20.9 Å². The van der Waals surface area contributed by atoms with E-state index in [1.807, 2.05) is 66.7 Å². The normalized spacial score (nSPS) is 16.5. The molecule has 1 aliphatic carbocycles. The largest absolute Gasteiger partial charge is 0.480 e. The van der Waals surface area contributed by atoms with Crippen LogP contribution in [0.5, 0.6) is 0 Å². The van der Waals surface area contributed by atoms with Gasteiger partial charge in [-0.05, 0) is 40.7 Å². The number of nitrogens with one attached hydrogen (secondary N) is 2. The minimum absolute atomic E-state index is 0.104. The van der Waals surface area contributed by atoms with Crippen LogP contribution >= 0.6 is 0 Å². The number of alkyl carbamates (subject to hydrolysis) is 1. The zero-order valence-corrected chi connectivity index (χ0v) is 22.7. The van der Waals surface area contributed by atoms with Crippen LogP contribution < -0.4 is 10.6 Å². The predicted octanol–water partition coefficient (Wildman–Crippen LogP) is 4.15. The fourth-order valence-corrected chi connectivity index (χ4v) is 5.79. The van der Waals surface area contributed by atoms with Crippen molar-refractivity contribution in [3.8, 4) is 23.5 Å². The van der Waals surface area contributed by atoms with Crippen molar-refractivity contribution in [2.24, 2.45) is 0 Å². The number of benzene rings is 3. The Hall–Kier alpha value is -4.61. The minimum Gasteiger partial charge on any atom is -0.480 e. The Labute approximate surface area is 239 Å². The number of carbonyl (C=O) groups excluding carboxylic acids is 2. The Morgan fingerprint density at radius 3 is 2.12 bits per heavy atom. The quantitative estimate of drug-likeness (QED) is 0.345. The van der Waals surface area contributed by atoms with Gasteiger partial charge in [0.1, 0.15) is 18.2 Å². The molecule has 1 unspecified atom stereocenters. The lowest BCUT2D eigenvalue weighted by Gasteiger charge is -2.41. The SMILES string of the molecule is C#CCC(NC(=O)C1(NC(=O)OCC2c3ccccc3-c3ccccc32)CCN(Cc2ccccc2)CC1)C(=O)O. The van der Waals surface area contributed by atoms with Gasteiger partial charge in [-0.1, -0.05) is 78.9 Å². The summed E-state index contributed by atoms with van der Waals surface area (Å²) in [6, 6.07) is 24.9. The van der Waals surface area contributed by atoms with Crippen molar-refractivity contribution in [2.45, 2.75) is 43.3 Å². The lowest BCUT2D eigenvalue weighted by molar-refractivity contribution is -0.143. The zero-order chi connectivity index (χ0) is 28.8. The molecule has 41 heavy (non-hydrogen) atoms. The van der Waals surface area contributed by atoms with E-state index < -0.39 is 29.6 Å². The molecular formula is C33H33N3O5. The third kappa shape index (κ3) is 6.11. The molecule has 2 amide bonds. The molecule has 1 atom stereocenters. The van der Waals surface area contributed by atoms with E-state index in [9.17, 15) is 19.5 Å². The maximum atomic E-state index is 13.6. The van der Waals surface area contributed by atoms with E-state index >= 15 is 0 Å². The molecule has 5 rings (SSSR count). The van der Waals surface area contributed by atoms with E-state index in [-0.39, 0.29) is 31.8 Å². The molecule has 0 saturated carbocycles. The lowest BCUT2D eigenvalue weighted by atomic mass is 9.86. The van der Waals surface area contributed by atoms with Crippen LogP contribution in [0.25, 0.3) is 11.1 Å². The average Bonchev–Trinajstić information content (AvgIpc) is 3.31. The number of aliphatic carboxylic acids is 1. The number of carbonyl (C=O) groups is 3. The number of fused-ring (bicyclic) bond motifs is 3. The Morgan fingerprint density at radius 2 is 1.54 bits per heavy atom. The van der Waals surface area contributed by atoms with Crippen LogP contribution in [0.2, 0.25) is 0 Å². The van der Waals surface area contributed by atoms with Gasteiger partial charge in [0, 0.05) is 32.0 Å². The van der Waals surface area contributed by atoms with Crippen molar-refractivity contribution in [3.05, 3.63) is 95.6 Å². The van der Waals surface area contributed by atoms with Crippen molar-refractivity contribution in [3.63, 3.8) is 0 Å². The number of terminal acetylenes is 1. The van der Waals surface area contributed by atoms with E-state index in [1.165, 1.54) is 0 Å². The summed E-state index contributed by atoms with van der Waals surface area (Å²) in [5.41, 5.74) is 4.22. The van der Waals surface area contributed by atoms with Crippen LogP contribution in [0.4, 0.5) is 4.79 Å². The molecule has 0 radical (unpaired) electrons. The first-order chi connectivity index (χ1) is 19.9. The lowest BCUT2D eigenvalue weighted by Crippen LogP contribution is -2.64. The van der Waals surface area contributed by atoms with Gasteiger partial charge in [-0.2, -0.15) is 0 Å². The summed E-state index contributed by atoms with van der Waals surface area (Å²) in [5.74, 6) is 0.366. The van der Waals surface area contributed by atoms with Crippen molar-refractivity contribution in [1.82, 2.24) is 15.5 Å². The maximum absolute atomic E-state index is 13.6. The summed E-state index contributed by atoms with van der Waals surface area (Å²) in [7, 11) is 0. The van der Waals surface area contributed by atoms with E-state index in [0.717, 1.165) is 27.8 Å². The number of piperidine rings is 1. The molecule has 0 aromatic heterocycles. The highest BCUT2D eigenvalue weighted by molar-refractivity contribution is 5.93. The number of hydrogen-bond donors (Lipinski definition) is 3. The summed E-state index contributed by atoms with van der Waals surface area (Å²) >= 11 is 0. The number of carboxylic acid groups (broad SMARTS) is 1. The fraction of sp³-hybridized carbons (Fsp3) is 0.303. The Kier molecular flexibility index (Phi) is 8.37. The first-order valence-corrected chi connectivity index (χ1v) is 13.8. The molecule has 210 valence electrons. The molecule has 1 heterocycles. The van der Waals surface area contributed by atoms with Crippen LogP contribution in [0.15, 0.2) is 78.9 Å². The van der Waals surface area contributed by atoms with Gasteiger partial charge < -0.3 is 20.5 Å². The molecule has 8 heteroatoms. The van der Waals surface area contributed by atoms with Gasteiger partial charge in [0.2, 0.25) is 5.91 Å². The Bertz CT molecular complexity index is 1410. The Morgan fingerprint density at radius 1 is 0.951 bits per heavy atom. The highest BCUT2D eigenvalue weighted by atomic mass is 16.5. The Balaban J connectivity index is 1.30. The van der Waals surface area contributed by atoms with Crippen LogP contribution in [0, 0.1) is 12.3 Å². The summed E-state index contributed by atoms with van der Waals surface area (Å²) < 4.78 is 5.75. The molecule has 1 aliphatic heterocycles. The van der Waals surface area contributed by atoms with Crippen LogP contribution in [0.1, 0.15) is 41.9 Å². The van der Waals surface area contributed by atoms with Gasteiger partial charge >= 0.3 is 12.1 Å². The van der Waals surface area contributed by atoms with Gasteiger partial charge in [0.15, 0.2) is 0 Å². The fourth-order valence-electron chi connectivity index (χ4n) is 5.79. The number of likely N-dealkylation sites (tertiary alicyclic amines) is 1. The van der Waals surface area contributed by atoms with Crippen LogP contribution in [0.3, 0.4) is 0 Å². The van der Waals surface area contributed by atoms with E-state index in [1.54, 1.807) is 0 Å². The van der Waals surface area contributed by atoms with E-state index in [2.05, 4.69) is 33.6 Å². The molecule has 3 aromatic carbocycles. The third-order valence-electron chi connectivity index (χ3n) is 8.00. The smallest absolute Gasteiger partial charge is 0.408 e. The monoisotopic (exact) mass is 551 g/mol. The predicted molar refractivity (Wildman–Crippen MR) is 155 cm³/mol. The number of nitrogens with zero attached hydrogens (tertiary/aromatic N) is 1. The average molecular weight is 552 g/mol. The third-order valence-corrected chi connectivity index (χ3v) is 8.00. The molecular weight excluding hydrogens is 518 g/mol. The second kappa shape index (κ2) is 12.3. The summed E-state index contributed by atoms with van der Waals surface area (Å²) in [4.78, 5) is 40.7. The van der Waals surface area contributed by atoms with Crippen molar-refractivity contribution in [1.29, 1.82) is 0 Å². The highest BCUT2D eigenvalue weighted by Gasteiger charge is 2.44. The van der Waals surface area contributed by atoms with Crippen molar-refractivity contribution >= 4 is 18.0 Å². The standard InChI is InChI=1S/C33H33N3O5/c1-2-10-29(30(37)38)34-31(39)33(17-19-36(20-18-33)21-23-11-4-3-5-12-23)35-32(40)41-22-28-26-15-8-6-13-24(26)25-14-7-9-16-27(25)28/h1,3-9,11-16,28-29H,10,17-22H2,(H,34,39)(H,35,40)(H,37,38). The molecule has 3 N–H and O–H groups in total. The first-order valence-electron chi connectivity index (χ1n) is 13.8. The van der Waals surface area contributed by atoms with Crippen LogP contribution in [-0.4, -0.2) is 59.3 Å². The molecule has 2 aliphatic rings. The summed E-state index contributed by atoms with van der Waals surface area (Å²) in [6.07, 6.45) is 5.03. The van der Waals surface area contributed by atoms with Crippen molar-refractivity contribution in [2.75, 3.05) is 19.7 Å². The van der Waals surface area contributed by atoms with Crippen molar-refractivity contribution < 1.29 is 24.2 Å². The highest BCUT2D eigenvalue weighted by Crippen LogP contribution is 2.44. The zero-order valence-electron chi connectivity index (χ0n) is 22.7. The molecule has 8 nitrogen and oxygen atoms in total. The number of hydrogen-bond acceptors (Lipinski definition) is 5. The first kappa shape index (κ1) is 27.9. The van der Waals surface area contributed by atoms with Gasteiger partial charge in [0.05, 0.1) is 0 Å². The summed E-state index contributed by atoms with van der Waals surface area (Å²) in [5, 5.41) is 14.9. The summed E-state index contributed by atoms with van der Waals surface area (Å²) in [6.45, 7) is 1.86. The number of ether oxygens (including phenoxy) is 1. The number of amides is 2. The van der Waals surface area contributed by atoms with E-state index in [4.69, 9.17) is 11.2 Å². The molecule has 1 saturated heterocycles. The minimum atomic E-state index is -1.34. The second-order valence-corrected chi connectivity index (χ2v) is 10.6. The second-order valence-electron chi connectivity index (χ2n) is 10.6. The maximum Gasteiger partial charge on any atom is 0.408 e. The number of rotatable bonds is 9. The van der Waals surface area contributed by atoms with Gasteiger partial charge in [-0.15, -0.1) is 12.3 Å². The molecule has 3 aromatic rings.